The minimum atomic E-state index is 0.384. The molecule has 0 N–H and O–H groups in total. The number of aromatic nitrogens is 3. The highest BCUT2D eigenvalue weighted by atomic mass is 35.5. The van der Waals surface area contributed by atoms with E-state index in [9.17, 15) is 0 Å². The standard InChI is InChI=1S/C16H7Cl2N3/c17-15-12-11-7-3-6-10-8-4-1-2-5-9(8)14(21(10)11)13(12)16(18)20-19-15/h1-7H. The molecule has 5 aromatic rings. The van der Waals surface area contributed by atoms with Crippen molar-refractivity contribution in [2.45, 2.75) is 0 Å². The second-order valence-corrected chi connectivity index (χ2v) is 5.77. The van der Waals surface area contributed by atoms with Gasteiger partial charge in [0, 0.05) is 10.8 Å². The molecule has 5 rings (SSSR count). The molecule has 0 aliphatic rings. The summed E-state index contributed by atoms with van der Waals surface area (Å²) in [4.78, 5) is 0. The predicted molar refractivity (Wildman–Crippen MR) is 86.7 cm³/mol. The molecular formula is C16H7Cl2N3. The van der Waals surface area contributed by atoms with Crippen LogP contribution in [0.3, 0.4) is 0 Å². The van der Waals surface area contributed by atoms with Crippen LogP contribution in [0.15, 0.2) is 42.5 Å². The maximum Gasteiger partial charge on any atom is 0.161 e. The van der Waals surface area contributed by atoms with E-state index >= 15 is 0 Å². The van der Waals surface area contributed by atoms with E-state index in [0.29, 0.717) is 10.3 Å². The van der Waals surface area contributed by atoms with E-state index in [4.69, 9.17) is 23.2 Å². The fourth-order valence-electron chi connectivity index (χ4n) is 3.28. The van der Waals surface area contributed by atoms with Gasteiger partial charge in [0.1, 0.15) is 0 Å². The van der Waals surface area contributed by atoms with Gasteiger partial charge in [-0.15, -0.1) is 10.2 Å². The maximum absolute atomic E-state index is 6.33. The van der Waals surface area contributed by atoms with Crippen LogP contribution in [-0.4, -0.2) is 14.6 Å². The lowest BCUT2D eigenvalue weighted by molar-refractivity contribution is 1.05. The second kappa shape index (κ2) is 3.75. The summed E-state index contributed by atoms with van der Waals surface area (Å²) in [6.07, 6.45) is 0. The summed E-state index contributed by atoms with van der Waals surface area (Å²) >= 11 is 12.6. The number of hydrogen-bond acceptors (Lipinski definition) is 2. The van der Waals surface area contributed by atoms with Crippen molar-refractivity contribution in [2.75, 3.05) is 0 Å². The van der Waals surface area contributed by atoms with Gasteiger partial charge in [-0.05, 0) is 12.1 Å². The Hall–Kier alpha value is -2.10. The monoisotopic (exact) mass is 311 g/mol. The molecule has 0 saturated heterocycles. The molecule has 0 aliphatic carbocycles. The number of pyridine rings is 1. The molecule has 21 heavy (non-hydrogen) atoms. The quantitative estimate of drug-likeness (QED) is 0.406. The third-order valence-corrected chi connectivity index (χ3v) is 4.58. The first-order valence-corrected chi connectivity index (χ1v) is 7.27. The Morgan fingerprint density at radius 1 is 0.714 bits per heavy atom. The highest BCUT2D eigenvalue weighted by molar-refractivity contribution is 6.43. The van der Waals surface area contributed by atoms with E-state index in [1.165, 1.54) is 5.39 Å². The van der Waals surface area contributed by atoms with Crippen molar-refractivity contribution >= 4 is 61.3 Å². The van der Waals surface area contributed by atoms with E-state index in [0.717, 1.165) is 32.7 Å². The van der Waals surface area contributed by atoms with Crippen molar-refractivity contribution < 1.29 is 0 Å². The fraction of sp³-hybridized carbons (Fsp3) is 0. The Balaban J connectivity index is 2.32. The lowest BCUT2D eigenvalue weighted by Crippen LogP contribution is -1.84. The SMILES string of the molecule is Clc1nnc(Cl)c2c1c1cccc3c4ccccc4c2n31. The van der Waals surface area contributed by atoms with Crippen LogP contribution >= 0.6 is 23.2 Å². The summed E-state index contributed by atoms with van der Waals surface area (Å²) in [5, 5.41) is 12.8. The first kappa shape index (κ1) is 11.5. The first-order chi connectivity index (χ1) is 10.3. The highest BCUT2D eigenvalue weighted by Crippen LogP contribution is 2.42. The third kappa shape index (κ3) is 1.26. The zero-order valence-electron chi connectivity index (χ0n) is 10.6. The Bertz CT molecular complexity index is 1160. The van der Waals surface area contributed by atoms with E-state index in [1.807, 2.05) is 24.3 Å². The molecule has 0 spiro atoms. The van der Waals surface area contributed by atoms with Crippen LogP contribution in [0.4, 0.5) is 0 Å². The predicted octanol–water partition coefficient (Wildman–Crippen LogP) is 4.93. The van der Waals surface area contributed by atoms with E-state index in [-0.39, 0.29) is 0 Å². The molecule has 0 fully saturated rings. The number of rotatable bonds is 0. The van der Waals surface area contributed by atoms with Crippen LogP contribution in [0.2, 0.25) is 10.3 Å². The average molecular weight is 312 g/mol. The first-order valence-electron chi connectivity index (χ1n) is 6.52. The summed E-state index contributed by atoms with van der Waals surface area (Å²) < 4.78 is 2.19. The maximum atomic E-state index is 6.33. The van der Waals surface area contributed by atoms with Crippen LogP contribution < -0.4 is 0 Å². The zero-order valence-corrected chi connectivity index (χ0v) is 12.2. The molecule has 1 aromatic carbocycles. The summed E-state index contributed by atoms with van der Waals surface area (Å²) in [6.45, 7) is 0. The summed E-state index contributed by atoms with van der Waals surface area (Å²) in [7, 11) is 0. The average Bonchev–Trinajstić information content (AvgIpc) is 3.03. The molecule has 4 aromatic heterocycles. The van der Waals surface area contributed by atoms with Gasteiger partial charge in [-0.3, -0.25) is 0 Å². The Morgan fingerprint density at radius 2 is 1.38 bits per heavy atom. The summed E-state index contributed by atoms with van der Waals surface area (Å²) in [5.41, 5.74) is 3.20. The number of benzene rings is 1. The van der Waals surface area contributed by atoms with Crippen LogP contribution in [0.1, 0.15) is 0 Å². The van der Waals surface area contributed by atoms with Crippen LogP contribution in [0, 0.1) is 0 Å². The minimum Gasteiger partial charge on any atom is -0.308 e. The van der Waals surface area contributed by atoms with E-state index < -0.39 is 0 Å². The van der Waals surface area contributed by atoms with Crippen LogP contribution in [-0.2, 0) is 0 Å². The van der Waals surface area contributed by atoms with Gasteiger partial charge < -0.3 is 4.40 Å². The number of hydrogen-bond donors (Lipinski definition) is 0. The zero-order chi connectivity index (χ0) is 14.1. The smallest absolute Gasteiger partial charge is 0.161 e. The van der Waals surface area contributed by atoms with Crippen molar-refractivity contribution in [1.29, 1.82) is 0 Å². The lowest BCUT2D eigenvalue weighted by Gasteiger charge is -1.98. The minimum absolute atomic E-state index is 0.384. The number of fused-ring (bicyclic) bond motifs is 6. The largest absolute Gasteiger partial charge is 0.308 e. The van der Waals surface area contributed by atoms with Gasteiger partial charge in [0.05, 0.1) is 27.3 Å². The molecule has 100 valence electrons. The fourth-order valence-corrected chi connectivity index (χ4v) is 3.73. The van der Waals surface area contributed by atoms with E-state index in [1.54, 1.807) is 0 Å². The molecule has 5 heteroatoms. The Morgan fingerprint density at radius 3 is 2.19 bits per heavy atom. The van der Waals surface area contributed by atoms with Crippen LogP contribution in [0.5, 0.6) is 0 Å². The topological polar surface area (TPSA) is 30.2 Å². The Kier molecular flexibility index (Phi) is 2.06. The highest BCUT2D eigenvalue weighted by Gasteiger charge is 2.21. The second-order valence-electron chi connectivity index (χ2n) is 5.06. The molecule has 0 unspecified atom stereocenters. The molecule has 0 bridgehead atoms. The number of halogens is 2. The summed E-state index contributed by atoms with van der Waals surface area (Å²) in [6, 6.07) is 14.4. The van der Waals surface area contributed by atoms with Crippen LogP contribution in [0.25, 0.3) is 38.1 Å². The third-order valence-electron chi connectivity index (χ3n) is 4.05. The molecular weight excluding hydrogens is 305 g/mol. The molecule has 0 amide bonds. The molecule has 0 atom stereocenters. The van der Waals surface area contributed by atoms with Gasteiger partial charge in [-0.2, -0.15) is 0 Å². The van der Waals surface area contributed by atoms with Gasteiger partial charge in [0.15, 0.2) is 10.3 Å². The molecule has 0 aliphatic heterocycles. The van der Waals surface area contributed by atoms with Gasteiger partial charge in [-0.25, -0.2) is 0 Å². The lowest BCUT2D eigenvalue weighted by atomic mass is 10.1. The van der Waals surface area contributed by atoms with Gasteiger partial charge in [0.2, 0.25) is 0 Å². The van der Waals surface area contributed by atoms with Crippen molar-refractivity contribution in [2.24, 2.45) is 0 Å². The van der Waals surface area contributed by atoms with Gasteiger partial charge >= 0.3 is 0 Å². The van der Waals surface area contributed by atoms with Crippen molar-refractivity contribution in [3.8, 4) is 0 Å². The van der Waals surface area contributed by atoms with Crippen molar-refractivity contribution in [3.63, 3.8) is 0 Å². The normalized spacial score (nSPS) is 12.3. The number of nitrogens with zero attached hydrogens (tertiary/aromatic N) is 3. The molecule has 0 saturated carbocycles. The van der Waals surface area contributed by atoms with Gasteiger partial charge in [0.25, 0.3) is 0 Å². The van der Waals surface area contributed by atoms with Gasteiger partial charge in [-0.1, -0.05) is 53.5 Å². The molecule has 0 radical (unpaired) electrons. The van der Waals surface area contributed by atoms with E-state index in [2.05, 4.69) is 32.8 Å². The molecule has 3 nitrogen and oxygen atoms in total. The Labute approximate surface area is 129 Å². The summed E-state index contributed by atoms with van der Waals surface area (Å²) in [5.74, 6) is 0. The molecule has 4 heterocycles. The van der Waals surface area contributed by atoms with Crippen molar-refractivity contribution in [1.82, 2.24) is 14.6 Å². The van der Waals surface area contributed by atoms with Crippen molar-refractivity contribution in [3.05, 3.63) is 52.8 Å².